The number of likely N-dealkylation sites (N-methyl/N-ethyl adjacent to an activating group) is 2. The highest BCUT2D eigenvalue weighted by Gasteiger charge is 2.46. The summed E-state index contributed by atoms with van der Waals surface area (Å²) in [5, 5.41) is 18.1. The van der Waals surface area contributed by atoms with Gasteiger partial charge in [0.05, 0.1) is 0 Å². The van der Waals surface area contributed by atoms with E-state index in [2.05, 4.69) is 12.1 Å². The summed E-state index contributed by atoms with van der Waals surface area (Å²) in [7, 11) is 0. The topological polar surface area (TPSA) is 54.1 Å². The SMILES string of the molecule is CCN1CCN(CC)C1(C#N)C#N. The number of rotatable bonds is 2. The van der Waals surface area contributed by atoms with Gasteiger partial charge in [0.2, 0.25) is 0 Å². The van der Waals surface area contributed by atoms with E-state index >= 15 is 0 Å². The molecule has 0 radical (unpaired) electrons. The van der Waals surface area contributed by atoms with Crippen LogP contribution in [0.25, 0.3) is 0 Å². The molecule has 0 aromatic heterocycles. The minimum Gasteiger partial charge on any atom is -0.260 e. The highest BCUT2D eigenvalue weighted by Crippen LogP contribution is 2.24. The molecule has 1 heterocycles. The third-order valence-electron chi connectivity index (χ3n) is 2.63. The first kappa shape index (κ1) is 9.98. The average molecular weight is 178 g/mol. The Morgan fingerprint density at radius 3 is 1.69 bits per heavy atom. The number of hydrogen-bond acceptors (Lipinski definition) is 4. The van der Waals surface area contributed by atoms with Crippen LogP contribution in [0.2, 0.25) is 0 Å². The summed E-state index contributed by atoms with van der Waals surface area (Å²) >= 11 is 0. The van der Waals surface area contributed by atoms with Gasteiger partial charge in [-0.1, -0.05) is 13.8 Å². The van der Waals surface area contributed by atoms with Gasteiger partial charge >= 0.3 is 0 Å². The van der Waals surface area contributed by atoms with Crippen LogP contribution in [-0.4, -0.2) is 41.6 Å². The Morgan fingerprint density at radius 2 is 1.46 bits per heavy atom. The molecule has 1 fully saturated rings. The van der Waals surface area contributed by atoms with Gasteiger partial charge in [0.25, 0.3) is 5.66 Å². The van der Waals surface area contributed by atoms with Crippen molar-refractivity contribution >= 4 is 0 Å². The Labute approximate surface area is 79.0 Å². The van der Waals surface area contributed by atoms with E-state index in [4.69, 9.17) is 10.5 Å². The molecule has 0 atom stereocenters. The zero-order valence-electron chi connectivity index (χ0n) is 8.12. The zero-order chi connectivity index (χ0) is 9.90. The molecule has 0 N–H and O–H groups in total. The molecule has 0 saturated carbocycles. The van der Waals surface area contributed by atoms with E-state index < -0.39 is 5.66 Å². The fraction of sp³-hybridized carbons (Fsp3) is 0.778. The van der Waals surface area contributed by atoms with Crippen LogP contribution in [-0.2, 0) is 0 Å². The van der Waals surface area contributed by atoms with E-state index in [1.165, 1.54) is 0 Å². The first-order valence-electron chi connectivity index (χ1n) is 4.57. The van der Waals surface area contributed by atoms with Gasteiger partial charge in [-0.2, -0.15) is 10.5 Å². The Hall–Kier alpha value is -1.10. The Kier molecular flexibility index (Phi) is 2.87. The first-order valence-corrected chi connectivity index (χ1v) is 4.57. The van der Waals surface area contributed by atoms with Crippen LogP contribution < -0.4 is 0 Å². The lowest BCUT2D eigenvalue weighted by molar-refractivity contribution is 0.130. The summed E-state index contributed by atoms with van der Waals surface area (Å²) in [6.07, 6.45) is 0. The molecule has 70 valence electrons. The monoisotopic (exact) mass is 178 g/mol. The van der Waals surface area contributed by atoms with Crippen molar-refractivity contribution in [1.29, 1.82) is 10.5 Å². The molecular formula is C9H14N4. The minimum atomic E-state index is -1.01. The summed E-state index contributed by atoms with van der Waals surface area (Å²) in [5.74, 6) is 0. The second kappa shape index (κ2) is 3.74. The quantitative estimate of drug-likeness (QED) is 0.613. The van der Waals surface area contributed by atoms with Crippen LogP contribution in [0.1, 0.15) is 13.8 Å². The van der Waals surface area contributed by atoms with E-state index in [-0.39, 0.29) is 0 Å². The molecule has 0 unspecified atom stereocenters. The van der Waals surface area contributed by atoms with Crippen molar-refractivity contribution < 1.29 is 0 Å². The second-order valence-corrected chi connectivity index (χ2v) is 3.06. The maximum atomic E-state index is 9.06. The van der Waals surface area contributed by atoms with Crippen LogP contribution in [0.5, 0.6) is 0 Å². The van der Waals surface area contributed by atoms with Crippen LogP contribution in [0.4, 0.5) is 0 Å². The third-order valence-corrected chi connectivity index (χ3v) is 2.63. The summed E-state index contributed by atoms with van der Waals surface area (Å²) in [5.41, 5.74) is -1.01. The van der Waals surface area contributed by atoms with Gasteiger partial charge in [0.1, 0.15) is 12.1 Å². The highest BCUT2D eigenvalue weighted by atomic mass is 15.5. The predicted molar refractivity (Wildman–Crippen MR) is 48.5 cm³/mol. The lowest BCUT2D eigenvalue weighted by Gasteiger charge is -2.30. The Balaban J connectivity index is 2.99. The average Bonchev–Trinajstić information content (AvgIpc) is 2.55. The van der Waals surface area contributed by atoms with Gasteiger partial charge in [-0.3, -0.25) is 9.80 Å². The van der Waals surface area contributed by atoms with Crippen molar-refractivity contribution in [3.8, 4) is 12.1 Å². The van der Waals surface area contributed by atoms with Crippen LogP contribution in [0.3, 0.4) is 0 Å². The van der Waals surface area contributed by atoms with E-state index in [1.807, 2.05) is 23.6 Å². The highest BCUT2D eigenvalue weighted by molar-refractivity contribution is 5.23. The summed E-state index contributed by atoms with van der Waals surface area (Å²) in [6.45, 7) is 7.07. The van der Waals surface area contributed by atoms with Crippen LogP contribution >= 0.6 is 0 Å². The molecule has 0 bridgehead atoms. The van der Waals surface area contributed by atoms with E-state index in [0.717, 1.165) is 26.2 Å². The van der Waals surface area contributed by atoms with Gasteiger partial charge in [0, 0.05) is 13.1 Å². The lowest BCUT2D eigenvalue weighted by atomic mass is 10.2. The van der Waals surface area contributed by atoms with Crippen LogP contribution in [0, 0.1) is 22.7 Å². The molecule has 1 aliphatic heterocycles. The molecule has 1 saturated heterocycles. The lowest BCUT2D eigenvalue weighted by Crippen LogP contribution is -2.51. The second-order valence-electron chi connectivity index (χ2n) is 3.06. The predicted octanol–water partition coefficient (Wildman–Crippen LogP) is 0.387. The summed E-state index contributed by atoms with van der Waals surface area (Å²) in [4.78, 5) is 3.83. The molecule has 0 amide bonds. The molecule has 0 aromatic rings. The number of nitrogens with zero attached hydrogens (tertiary/aromatic N) is 4. The standard InChI is InChI=1S/C9H14N4/c1-3-12-5-6-13(4-2)9(12,7-10)8-11/h3-6H2,1-2H3. The number of nitriles is 2. The Bertz CT molecular complexity index is 232. The normalized spacial score (nSPS) is 22.5. The molecule has 4 nitrogen and oxygen atoms in total. The first-order chi connectivity index (χ1) is 6.25. The molecule has 0 aliphatic carbocycles. The fourth-order valence-corrected chi connectivity index (χ4v) is 1.85. The van der Waals surface area contributed by atoms with E-state index in [0.29, 0.717) is 0 Å². The van der Waals surface area contributed by atoms with Crippen molar-refractivity contribution in [3.05, 3.63) is 0 Å². The fourth-order valence-electron chi connectivity index (χ4n) is 1.85. The van der Waals surface area contributed by atoms with Crippen LogP contribution in [0.15, 0.2) is 0 Å². The largest absolute Gasteiger partial charge is 0.260 e. The summed E-state index contributed by atoms with van der Waals surface area (Å²) in [6, 6.07) is 4.24. The van der Waals surface area contributed by atoms with Crippen molar-refractivity contribution in [2.45, 2.75) is 19.5 Å². The molecular weight excluding hydrogens is 164 g/mol. The Morgan fingerprint density at radius 1 is 1.08 bits per heavy atom. The van der Waals surface area contributed by atoms with Gasteiger partial charge in [-0.05, 0) is 13.1 Å². The smallest absolute Gasteiger partial charge is 0.252 e. The molecule has 13 heavy (non-hydrogen) atoms. The minimum absolute atomic E-state index is 0.748. The van der Waals surface area contributed by atoms with Crippen molar-refractivity contribution in [3.63, 3.8) is 0 Å². The molecule has 0 aromatic carbocycles. The van der Waals surface area contributed by atoms with Gasteiger partial charge in [-0.25, -0.2) is 0 Å². The maximum Gasteiger partial charge on any atom is 0.252 e. The number of hydrogen-bond donors (Lipinski definition) is 0. The summed E-state index contributed by atoms with van der Waals surface area (Å²) < 4.78 is 0. The van der Waals surface area contributed by atoms with Gasteiger partial charge in [0.15, 0.2) is 0 Å². The van der Waals surface area contributed by atoms with Crippen molar-refractivity contribution in [2.24, 2.45) is 0 Å². The molecule has 4 heteroatoms. The molecule has 1 rings (SSSR count). The van der Waals surface area contributed by atoms with Crippen molar-refractivity contribution in [1.82, 2.24) is 9.80 Å². The van der Waals surface area contributed by atoms with E-state index in [9.17, 15) is 0 Å². The maximum absolute atomic E-state index is 9.06. The van der Waals surface area contributed by atoms with Gasteiger partial charge in [-0.15, -0.1) is 0 Å². The zero-order valence-corrected chi connectivity index (χ0v) is 8.12. The molecule has 1 aliphatic rings. The third kappa shape index (κ3) is 1.29. The van der Waals surface area contributed by atoms with Gasteiger partial charge < -0.3 is 0 Å². The van der Waals surface area contributed by atoms with E-state index in [1.54, 1.807) is 0 Å². The van der Waals surface area contributed by atoms with Crippen molar-refractivity contribution in [2.75, 3.05) is 26.2 Å². The molecule has 0 spiro atoms.